The highest BCUT2D eigenvalue weighted by Gasteiger charge is 2.18. The van der Waals surface area contributed by atoms with E-state index in [1.807, 2.05) is 18.3 Å². The van der Waals surface area contributed by atoms with Crippen LogP contribution in [0, 0.1) is 0 Å². The Morgan fingerprint density at radius 2 is 0.979 bits per heavy atom. The van der Waals surface area contributed by atoms with Crippen molar-refractivity contribution in [2.24, 2.45) is 0 Å². The van der Waals surface area contributed by atoms with Crippen molar-refractivity contribution in [1.29, 1.82) is 0 Å². The fraction of sp³-hybridized carbons (Fsp3) is 0. The van der Waals surface area contributed by atoms with Gasteiger partial charge in [0.05, 0.1) is 0 Å². The van der Waals surface area contributed by atoms with Gasteiger partial charge in [-0.3, -0.25) is 4.98 Å². The first-order valence-corrected chi connectivity index (χ1v) is 16.3. The second kappa shape index (κ2) is 10.5. The molecule has 0 saturated carbocycles. The summed E-state index contributed by atoms with van der Waals surface area (Å²) in [4.78, 5) is 6.93. The van der Waals surface area contributed by atoms with Gasteiger partial charge in [0.2, 0.25) is 0 Å². The molecule has 0 radical (unpaired) electrons. The summed E-state index contributed by atoms with van der Waals surface area (Å²) in [5.41, 5.74) is 8.07. The lowest BCUT2D eigenvalue weighted by Gasteiger charge is -2.26. The van der Waals surface area contributed by atoms with Gasteiger partial charge < -0.3 is 9.32 Å². The number of nitrogens with zero attached hydrogens (tertiary/aromatic N) is 2. The Labute approximate surface area is 276 Å². The van der Waals surface area contributed by atoms with Gasteiger partial charge in [-0.05, 0) is 103 Å². The lowest BCUT2D eigenvalue weighted by atomic mass is 9.94. The van der Waals surface area contributed by atoms with Gasteiger partial charge in [-0.15, -0.1) is 0 Å². The normalized spacial score (nSPS) is 11.8. The van der Waals surface area contributed by atoms with Crippen LogP contribution >= 0.6 is 0 Å². The first-order valence-electron chi connectivity index (χ1n) is 16.3. The molecule has 0 amide bonds. The van der Waals surface area contributed by atoms with Crippen molar-refractivity contribution in [3.63, 3.8) is 0 Å². The molecule has 0 unspecified atom stereocenters. The van der Waals surface area contributed by atoms with Gasteiger partial charge in [0.1, 0.15) is 11.1 Å². The zero-order valence-corrected chi connectivity index (χ0v) is 26.0. The molecular formula is C45H28N2O. The highest BCUT2D eigenvalue weighted by molar-refractivity contribution is 6.25. The zero-order valence-electron chi connectivity index (χ0n) is 26.0. The van der Waals surface area contributed by atoms with E-state index in [-0.39, 0.29) is 0 Å². The molecule has 10 aromatic rings. The summed E-state index contributed by atoms with van der Waals surface area (Å²) >= 11 is 0. The topological polar surface area (TPSA) is 29.3 Å². The van der Waals surface area contributed by atoms with E-state index >= 15 is 0 Å². The van der Waals surface area contributed by atoms with Crippen molar-refractivity contribution in [2.75, 3.05) is 4.90 Å². The van der Waals surface area contributed by atoms with Crippen molar-refractivity contribution < 1.29 is 4.42 Å². The third kappa shape index (κ3) is 4.11. The van der Waals surface area contributed by atoms with Gasteiger partial charge in [-0.25, -0.2) is 0 Å². The maximum atomic E-state index is 6.32. The van der Waals surface area contributed by atoms with Crippen LogP contribution in [0.25, 0.3) is 76.3 Å². The molecule has 0 aliphatic carbocycles. The van der Waals surface area contributed by atoms with Crippen LogP contribution in [0.4, 0.5) is 17.1 Å². The monoisotopic (exact) mass is 612 g/mol. The van der Waals surface area contributed by atoms with Crippen LogP contribution in [0.5, 0.6) is 0 Å². The van der Waals surface area contributed by atoms with Gasteiger partial charge in [0, 0.05) is 34.7 Å². The number of anilines is 3. The Bertz CT molecular complexity index is 2810. The number of pyridine rings is 1. The number of hydrogen-bond donors (Lipinski definition) is 0. The summed E-state index contributed by atoms with van der Waals surface area (Å²) in [7, 11) is 0. The van der Waals surface area contributed by atoms with Crippen molar-refractivity contribution in [3.8, 4) is 11.1 Å². The molecule has 224 valence electrons. The lowest BCUT2D eigenvalue weighted by molar-refractivity contribution is 0.668. The average molecular weight is 613 g/mol. The van der Waals surface area contributed by atoms with Crippen molar-refractivity contribution in [1.82, 2.24) is 4.98 Å². The van der Waals surface area contributed by atoms with Gasteiger partial charge >= 0.3 is 0 Å². The molecule has 3 heteroatoms. The number of fused-ring (bicyclic) bond motifs is 10. The van der Waals surface area contributed by atoms with Crippen LogP contribution in [0.15, 0.2) is 174 Å². The quantitative estimate of drug-likeness (QED) is 0.185. The minimum Gasteiger partial charge on any atom is -0.454 e. The summed E-state index contributed by atoms with van der Waals surface area (Å²) in [5.74, 6) is 0. The molecule has 0 fully saturated rings. The van der Waals surface area contributed by atoms with Crippen LogP contribution in [0.3, 0.4) is 0 Å². The van der Waals surface area contributed by atoms with E-state index in [1.165, 1.54) is 54.2 Å². The minimum atomic E-state index is 0.791. The molecule has 0 atom stereocenters. The standard InChI is InChI=1S/C45H28N2O/c1-2-11-34-29(9-1)10-7-16-35(34)30-18-20-31(21-19-30)47(33-23-25-41-44(28-33)48-43-17-8-26-46-45(41)43)32-22-24-40-38-14-4-3-12-36(38)37-13-5-6-15-39(37)42(40)27-32/h1-28H. The molecular weight excluding hydrogens is 585 g/mol. The molecule has 0 aliphatic heterocycles. The molecule has 2 heterocycles. The summed E-state index contributed by atoms with van der Waals surface area (Å²) in [6.07, 6.45) is 1.82. The summed E-state index contributed by atoms with van der Waals surface area (Å²) in [6.45, 7) is 0. The third-order valence-corrected chi connectivity index (χ3v) is 9.68. The second-order valence-corrected chi connectivity index (χ2v) is 12.4. The van der Waals surface area contributed by atoms with Gasteiger partial charge in [-0.2, -0.15) is 0 Å². The lowest BCUT2D eigenvalue weighted by Crippen LogP contribution is -2.10. The third-order valence-electron chi connectivity index (χ3n) is 9.68. The Kier molecular flexibility index (Phi) is 5.87. The fourth-order valence-corrected chi connectivity index (χ4v) is 7.47. The molecule has 0 spiro atoms. The molecule has 0 N–H and O–H groups in total. The minimum absolute atomic E-state index is 0.791. The van der Waals surface area contributed by atoms with E-state index in [2.05, 4.69) is 162 Å². The van der Waals surface area contributed by atoms with E-state index in [9.17, 15) is 0 Å². The Balaban J connectivity index is 1.19. The van der Waals surface area contributed by atoms with Crippen molar-refractivity contribution >= 4 is 82.2 Å². The maximum Gasteiger partial charge on any atom is 0.153 e. The summed E-state index contributed by atoms with van der Waals surface area (Å²) < 4.78 is 6.32. The van der Waals surface area contributed by atoms with Crippen LogP contribution in [-0.4, -0.2) is 4.98 Å². The predicted octanol–water partition coefficient (Wildman–Crippen LogP) is 12.7. The van der Waals surface area contributed by atoms with Crippen LogP contribution < -0.4 is 4.90 Å². The molecule has 10 rings (SSSR count). The van der Waals surface area contributed by atoms with Crippen molar-refractivity contribution in [3.05, 3.63) is 170 Å². The molecule has 0 bridgehead atoms. The zero-order chi connectivity index (χ0) is 31.6. The molecule has 3 nitrogen and oxygen atoms in total. The number of aromatic nitrogens is 1. The van der Waals surface area contributed by atoms with Crippen LogP contribution in [0.1, 0.15) is 0 Å². The Morgan fingerprint density at radius 1 is 0.396 bits per heavy atom. The van der Waals surface area contributed by atoms with Crippen LogP contribution in [0.2, 0.25) is 0 Å². The Morgan fingerprint density at radius 3 is 1.73 bits per heavy atom. The van der Waals surface area contributed by atoms with E-state index in [1.54, 1.807) is 0 Å². The number of benzene rings is 8. The van der Waals surface area contributed by atoms with Gasteiger partial charge in [0.15, 0.2) is 5.58 Å². The number of furan rings is 1. The predicted molar refractivity (Wildman–Crippen MR) is 202 cm³/mol. The average Bonchev–Trinajstić information content (AvgIpc) is 3.53. The highest BCUT2D eigenvalue weighted by atomic mass is 16.3. The van der Waals surface area contributed by atoms with Gasteiger partial charge in [-0.1, -0.05) is 109 Å². The molecule has 48 heavy (non-hydrogen) atoms. The van der Waals surface area contributed by atoms with E-state index in [0.29, 0.717) is 0 Å². The van der Waals surface area contributed by atoms with E-state index < -0.39 is 0 Å². The molecule has 8 aromatic carbocycles. The SMILES string of the molecule is c1ccc2c(-c3ccc(N(c4ccc5c(c4)oc4cccnc45)c4ccc5c6ccccc6c6ccccc6c5c4)cc3)cccc2c1. The first-order chi connectivity index (χ1) is 23.8. The first kappa shape index (κ1) is 26.7. The largest absolute Gasteiger partial charge is 0.454 e. The van der Waals surface area contributed by atoms with Crippen molar-refractivity contribution in [2.45, 2.75) is 0 Å². The molecule has 2 aromatic heterocycles. The summed E-state index contributed by atoms with van der Waals surface area (Å²) in [5, 5.41) is 11.0. The summed E-state index contributed by atoms with van der Waals surface area (Å²) in [6, 6.07) is 58.7. The molecule has 0 aliphatic rings. The van der Waals surface area contributed by atoms with E-state index in [4.69, 9.17) is 4.42 Å². The van der Waals surface area contributed by atoms with E-state index in [0.717, 1.165) is 39.1 Å². The smallest absolute Gasteiger partial charge is 0.153 e. The maximum absolute atomic E-state index is 6.32. The Hall–Kier alpha value is -6.45. The number of rotatable bonds is 4. The second-order valence-electron chi connectivity index (χ2n) is 12.4. The van der Waals surface area contributed by atoms with Gasteiger partial charge in [0.25, 0.3) is 0 Å². The molecule has 0 saturated heterocycles. The van der Waals surface area contributed by atoms with Crippen LogP contribution in [-0.2, 0) is 0 Å². The fourth-order valence-electron chi connectivity index (χ4n) is 7.47. The highest BCUT2D eigenvalue weighted by Crippen LogP contribution is 2.42. The number of hydrogen-bond acceptors (Lipinski definition) is 3.